The van der Waals surface area contributed by atoms with E-state index in [1.54, 1.807) is 0 Å². The van der Waals surface area contributed by atoms with E-state index in [0.29, 0.717) is 0 Å². The van der Waals surface area contributed by atoms with E-state index in [4.69, 9.17) is 5.84 Å². The van der Waals surface area contributed by atoms with Crippen LogP contribution in [0.3, 0.4) is 0 Å². The smallest absolute Gasteiger partial charge is 0.0720 e. The van der Waals surface area contributed by atoms with E-state index in [0.717, 1.165) is 24.5 Å². The van der Waals surface area contributed by atoms with Crippen molar-refractivity contribution >= 4 is 11.4 Å². The largest absolute Gasteiger partial charge is 0.370 e. The first-order chi connectivity index (χ1) is 6.33. The maximum atomic E-state index is 5.42. The molecule has 0 aliphatic heterocycles. The molecule has 0 bridgehead atoms. The van der Waals surface area contributed by atoms with E-state index in [-0.39, 0.29) is 0 Å². The number of hydrogen-bond donors (Lipinski definition) is 2. The first-order valence-electron chi connectivity index (χ1n) is 4.64. The van der Waals surface area contributed by atoms with Crippen molar-refractivity contribution in [3.05, 3.63) is 24.3 Å². The van der Waals surface area contributed by atoms with Crippen LogP contribution in [0, 0.1) is 0 Å². The number of rotatable bonds is 4. The van der Waals surface area contributed by atoms with Gasteiger partial charge >= 0.3 is 0 Å². The van der Waals surface area contributed by atoms with E-state index in [9.17, 15) is 0 Å². The molecule has 0 fully saturated rings. The summed E-state index contributed by atoms with van der Waals surface area (Å²) in [6.45, 7) is 6.26. The molecule has 0 aliphatic carbocycles. The Kier molecular flexibility index (Phi) is 3.58. The molecule has 0 aliphatic rings. The molecule has 1 rings (SSSR count). The summed E-state index contributed by atoms with van der Waals surface area (Å²) in [6, 6.07) is 8.05. The molecule has 0 saturated carbocycles. The lowest BCUT2D eigenvalue weighted by Gasteiger charge is -2.23. The summed E-state index contributed by atoms with van der Waals surface area (Å²) in [5.74, 6) is 5.42. The van der Waals surface area contributed by atoms with Gasteiger partial charge < -0.3 is 10.3 Å². The Bertz CT molecular complexity index is 256. The second-order valence-electron chi connectivity index (χ2n) is 2.83. The van der Waals surface area contributed by atoms with Crippen molar-refractivity contribution in [1.29, 1.82) is 0 Å². The number of hydrogen-bond acceptors (Lipinski definition) is 3. The van der Waals surface area contributed by atoms with E-state index in [1.165, 1.54) is 0 Å². The average Bonchev–Trinajstić information content (AvgIpc) is 2.20. The van der Waals surface area contributed by atoms with Crippen molar-refractivity contribution in [2.45, 2.75) is 13.8 Å². The van der Waals surface area contributed by atoms with Gasteiger partial charge in [0.15, 0.2) is 0 Å². The molecule has 0 aromatic heterocycles. The highest BCUT2D eigenvalue weighted by molar-refractivity contribution is 5.69. The van der Waals surface area contributed by atoms with Gasteiger partial charge in [0.1, 0.15) is 0 Å². The van der Waals surface area contributed by atoms with Crippen LogP contribution >= 0.6 is 0 Å². The number of benzene rings is 1. The fourth-order valence-corrected chi connectivity index (χ4v) is 1.44. The monoisotopic (exact) mass is 179 g/mol. The Morgan fingerprint density at radius 2 is 1.85 bits per heavy atom. The highest BCUT2D eigenvalue weighted by Gasteiger charge is 2.05. The molecule has 0 spiro atoms. The third-order valence-corrected chi connectivity index (χ3v) is 2.16. The zero-order valence-electron chi connectivity index (χ0n) is 8.25. The van der Waals surface area contributed by atoms with Crippen LogP contribution in [0.15, 0.2) is 24.3 Å². The van der Waals surface area contributed by atoms with Crippen molar-refractivity contribution in [3.63, 3.8) is 0 Å². The lowest BCUT2D eigenvalue weighted by molar-refractivity contribution is 0.866. The minimum Gasteiger partial charge on any atom is -0.370 e. The Morgan fingerprint density at radius 1 is 1.23 bits per heavy atom. The van der Waals surface area contributed by atoms with Gasteiger partial charge in [0.2, 0.25) is 0 Å². The minimum atomic E-state index is 0.978. The Morgan fingerprint density at radius 3 is 2.38 bits per heavy atom. The summed E-state index contributed by atoms with van der Waals surface area (Å²) in [4.78, 5) is 2.26. The topological polar surface area (TPSA) is 41.3 Å². The second kappa shape index (κ2) is 4.72. The first-order valence-corrected chi connectivity index (χ1v) is 4.64. The molecule has 3 nitrogen and oxygen atoms in total. The molecule has 0 radical (unpaired) electrons. The molecule has 0 saturated heterocycles. The van der Waals surface area contributed by atoms with Gasteiger partial charge in [-0.3, -0.25) is 5.84 Å². The average molecular weight is 179 g/mol. The number of nitrogen functional groups attached to an aromatic ring is 1. The maximum Gasteiger partial charge on any atom is 0.0720 e. The summed E-state index contributed by atoms with van der Waals surface area (Å²) >= 11 is 0. The van der Waals surface area contributed by atoms with Crippen LogP contribution in [0.25, 0.3) is 0 Å². The number of anilines is 2. The molecule has 0 unspecified atom stereocenters. The normalized spacial score (nSPS) is 9.77. The first kappa shape index (κ1) is 9.86. The highest BCUT2D eigenvalue weighted by atomic mass is 15.2. The number of nitrogens with two attached hydrogens (primary N) is 1. The molecule has 0 amide bonds. The summed E-state index contributed by atoms with van der Waals surface area (Å²) in [6.07, 6.45) is 0. The second-order valence-corrected chi connectivity index (χ2v) is 2.83. The number of nitrogens with one attached hydrogen (secondary N) is 1. The van der Waals surface area contributed by atoms with Crippen LogP contribution in [0.5, 0.6) is 0 Å². The summed E-state index contributed by atoms with van der Waals surface area (Å²) in [5.41, 5.74) is 4.84. The lowest BCUT2D eigenvalue weighted by Crippen LogP contribution is -2.23. The summed E-state index contributed by atoms with van der Waals surface area (Å²) in [5, 5.41) is 0. The quantitative estimate of drug-likeness (QED) is 0.547. The highest BCUT2D eigenvalue weighted by Crippen LogP contribution is 2.23. The zero-order valence-corrected chi connectivity index (χ0v) is 8.25. The van der Waals surface area contributed by atoms with Crippen LogP contribution in [0.2, 0.25) is 0 Å². The molecule has 3 heteroatoms. The molecule has 1 aromatic rings. The van der Waals surface area contributed by atoms with Gasteiger partial charge in [-0.1, -0.05) is 12.1 Å². The summed E-state index contributed by atoms with van der Waals surface area (Å²) in [7, 11) is 0. The number of nitrogens with zero attached hydrogens (tertiary/aromatic N) is 1. The van der Waals surface area contributed by atoms with E-state index in [2.05, 4.69) is 30.2 Å². The predicted molar refractivity (Wildman–Crippen MR) is 57.8 cm³/mol. The molecule has 1 aromatic carbocycles. The van der Waals surface area contributed by atoms with Gasteiger partial charge in [0.25, 0.3) is 0 Å². The molecule has 3 N–H and O–H groups in total. The van der Waals surface area contributed by atoms with Crippen molar-refractivity contribution < 1.29 is 0 Å². The van der Waals surface area contributed by atoms with Crippen molar-refractivity contribution in [2.24, 2.45) is 5.84 Å². The third kappa shape index (κ3) is 2.12. The maximum absolute atomic E-state index is 5.42. The standard InChI is InChI=1S/C10H17N3/c1-3-13(4-2)10-8-6-5-7-9(10)12-11/h5-8,12H,3-4,11H2,1-2H3. The predicted octanol–water partition coefficient (Wildman–Crippen LogP) is 1.82. The van der Waals surface area contributed by atoms with Gasteiger partial charge in [0, 0.05) is 13.1 Å². The Labute approximate surface area is 79.5 Å². The van der Waals surface area contributed by atoms with E-state index < -0.39 is 0 Å². The van der Waals surface area contributed by atoms with Crippen LogP contribution < -0.4 is 16.2 Å². The minimum absolute atomic E-state index is 0.978. The van der Waals surface area contributed by atoms with Gasteiger partial charge in [-0.2, -0.15) is 0 Å². The molecular weight excluding hydrogens is 162 g/mol. The molecule has 72 valence electrons. The van der Waals surface area contributed by atoms with Crippen molar-refractivity contribution in [3.8, 4) is 0 Å². The lowest BCUT2D eigenvalue weighted by atomic mass is 10.2. The SMILES string of the molecule is CCN(CC)c1ccccc1NN. The fourth-order valence-electron chi connectivity index (χ4n) is 1.44. The van der Waals surface area contributed by atoms with Crippen molar-refractivity contribution in [1.82, 2.24) is 0 Å². The van der Waals surface area contributed by atoms with Crippen molar-refractivity contribution in [2.75, 3.05) is 23.4 Å². The van der Waals surface area contributed by atoms with Gasteiger partial charge in [-0.15, -0.1) is 0 Å². The zero-order chi connectivity index (χ0) is 9.68. The third-order valence-electron chi connectivity index (χ3n) is 2.16. The van der Waals surface area contributed by atoms with Crippen LogP contribution in [0.4, 0.5) is 11.4 Å². The Balaban J connectivity index is 2.96. The molecule has 0 heterocycles. The molecular formula is C10H17N3. The van der Waals surface area contributed by atoms with Crippen LogP contribution in [-0.2, 0) is 0 Å². The fraction of sp³-hybridized carbons (Fsp3) is 0.400. The van der Waals surface area contributed by atoms with E-state index >= 15 is 0 Å². The molecule has 0 atom stereocenters. The number of hydrazine groups is 1. The van der Waals surface area contributed by atoms with Gasteiger partial charge in [-0.25, -0.2) is 0 Å². The van der Waals surface area contributed by atoms with Gasteiger partial charge in [-0.05, 0) is 26.0 Å². The molecule has 13 heavy (non-hydrogen) atoms. The summed E-state index contributed by atoms with van der Waals surface area (Å²) < 4.78 is 0. The van der Waals surface area contributed by atoms with Crippen LogP contribution in [0.1, 0.15) is 13.8 Å². The van der Waals surface area contributed by atoms with Gasteiger partial charge in [0.05, 0.1) is 11.4 Å². The Hall–Kier alpha value is -1.22. The van der Waals surface area contributed by atoms with E-state index in [1.807, 2.05) is 18.2 Å². The number of para-hydroxylation sites is 2. The van der Waals surface area contributed by atoms with Crippen LogP contribution in [-0.4, -0.2) is 13.1 Å².